The van der Waals surface area contributed by atoms with Gasteiger partial charge in [-0.25, -0.2) is 4.98 Å². The van der Waals surface area contributed by atoms with E-state index in [1.165, 1.54) is 38.0 Å². The molecule has 1 aromatic heterocycles. The summed E-state index contributed by atoms with van der Waals surface area (Å²) in [5, 5.41) is 0. The molecule has 3 nitrogen and oxygen atoms in total. The number of piperidine rings is 1. The Labute approximate surface area is 93.2 Å². The number of rotatable bonds is 2. The van der Waals surface area contributed by atoms with E-state index < -0.39 is 0 Å². The third kappa shape index (κ3) is 2.17. The van der Waals surface area contributed by atoms with E-state index in [0.29, 0.717) is 0 Å². The van der Waals surface area contributed by atoms with Crippen LogP contribution in [0.2, 0.25) is 0 Å². The predicted molar refractivity (Wildman–Crippen MR) is 60.0 cm³/mol. The topological polar surface area (TPSA) is 21.1 Å². The van der Waals surface area contributed by atoms with Crippen LogP contribution in [0, 0.1) is 0 Å². The van der Waals surface area contributed by atoms with E-state index in [-0.39, 0.29) is 0 Å². The Balaban J connectivity index is 1.99. The van der Waals surface area contributed by atoms with E-state index in [0.717, 1.165) is 11.3 Å². The van der Waals surface area contributed by atoms with E-state index in [9.17, 15) is 0 Å². The van der Waals surface area contributed by atoms with Gasteiger partial charge in [0.15, 0.2) is 4.73 Å². The van der Waals surface area contributed by atoms with Crippen molar-refractivity contribution in [3.05, 3.63) is 16.6 Å². The van der Waals surface area contributed by atoms with Crippen LogP contribution in [0.5, 0.6) is 0 Å². The van der Waals surface area contributed by atoms with Gasteiger partial charge in [0, 0.05) is 13.6 Å². The van der Waals surface area contributed by atoms with Gasteiger partial charge in [-0.15, -0.1) is 0 Å². The second-order valence-corrected chi connectivity index (χ2v) is 4.62. The van der Waals surface area contributed by atoms with Crippen LogP contribution in [0.25, 0.3) is 0 Å². The molecule has 1 saturated heterocycles. The van der Waals surface area contributed by atoms with E-state index >= 15 is 0 Å². The molecule has 0 N–H and O–H groups in total. The first-order chi connectivity index (χ1) is 6.77. The van der Waals surface area contributed by atoms with Crippen LogP contribution in [0.3, 0.4) is 0 Å². The highest BCUT2D eigenvalue weighted by molar-refractivity contribution is 9.10. The van der Waals surface area contributed by atoms with Gasteiger partial charge in [-0.3, -0.25) is 4.90 Å². The summed E-state index contributed by atoms with van der Waals surface area (Å²) in [4.78, 5) is 6.74. The van der Waals surface area contributed by atoms with Crippen molar-refractivity contribution in [2.45, 2.75) is 25.8 Å². The van der Waals surface area contributed by atoms with E-state index in [2.05, 4.69) is 37.4 Å². The molecule has 78 valence electrons. The summed E-state index contributed by atoms with van der Waals surface area (Å²) in [6.45, 7) is 3.51. The third-order valence-corrected chi connectivity index (χ3v) is 3.60. The minimum absolute atomic E-state index is 0.921. The molecule has 0 bridgehead atoms. The molecule has 0 saturated carbocycles. The summed E-state index contributed by atoms with van der Waals surface area (Å²) >= 11 is 3.41. The Morgan fingerprint density at radius 1 is 1.36 bits per heavy atom. The SMILES string of the molecule is Cn1c(CN2CCCCC2)cnc1Br. The Morgan fingerprint density at radius 2 is 2.07 bits per heavy atom. The van der Waals surface area contributed by atoms with Crippen LogP contribution in [0.1, 0.15) is 25.0 Å². The molecule has 1 aliphatic heterocycles. The highest BCUT2D eigenvalue weighted by Crippen LogP contribution is 2.15. The van der Waals surface area contributed by atoms with Crippen LogP contribution in [-0.4, -0.2) is 27.5 Å². The molecule has 0 unspecified atom stereocenters. The van der Waals surface area contributed by atoms with E-state index in [1.54, 1.807) is 0 Å². The van der Waals surface area contributed by atoms with Gasteiger partial charge in [-0.2, -0.15) is 0 Å². The summed E-state index contributed by atoms with van der Waals surface area (Å²) in [6, 6.07) is 0. The lowest BCUT2D eigenvalue weighted by molar-refractivity contribution is 0.216. The van der Waals surface area contributed by atoms with E-state index in [4.69, 9.17) is 0 Å². The summed E-state index contributed by atoms with van der Waals surface area (Å²) in [7, 11) is 2.05. The fourth-order valence-corrected chi connectivity index (χ4v) is 2.24. The number of aromatic nitrogens is 2. The van der Waals surface area contributed by atoms with Crippen molar-refractivity contribution < 1.29 is 0 Å². The largest absolute Gasteiger partial charge is 0.325 e. The van der Waals surface area contributed by atoms with Crippen molar-refractivity contribution in [1.29, 1.82) is 0 Å². The van der Waals surface area contributed by atoms with Crippen molar-refractivity contribution in [2.24, 2.45) is 7.05 Å². The zero-order valence-corrected chi connectivity index (χ0v) is 10.1. The molecular formula is C10H16BrN3. The van der Waals surface area contributed by atoms with Gasteiger partial charge in [0.1, 0.15) is 0 Å². The number of nitrogens with zero attached hydrogens (tertiary/aromatic N) is 3. The lowest BCUT2D eigenvalue weighted by atomic mass is 10.1. The number of hydrogen-bond donors (Lipinski definition) is 0. The summed E-state index contributed by atoms with van der Waals surface area (Å²) in [5.41, 5.74) is 1.29. The first kappa shape index (κ1) is 10.2. The van der Waals surface area contributed by atoms with Gasteiger partial charge in [-0.1, -0.05) is 6.42 Å². The average Bonchev–Trinajstić information content (AvgIpc) is 2.52. The first-order valence-corrected chi connectivity index (χ1v) is 5.95. The molecular weight excluding hydrogens is 242 g/mol. The van der Waals surface area contributed by atoms with Gasteiger partial charge in [-0.05, 0) is 41.9 Å². The lowest BCUT2D eigenvalue weighted by Crippen LogP contribution is -2.29. The molecule has 1 aliphatic rings. The monoisotopic (exact) mass is 257 g/mol. The summed E-state index contributed by atoms with van der Waals surface area (Å²) in [5.74, 6) is 0. The molecule has 2 rings (SSSR count). The number of imidazole rings is 1. The van der Waals surface area contributed by atoms with Gasteiger partial charge in [0.25, 0.3) is 0 Å². The van der Waals surface area contributed by atoms with Crippen molar-refractivity contribution >= 4 is 15.9 Å². The maximum Gasteiger partial charge on any atom is 0.177 e. The van der Waals surface area contributed by atoms with E-state index in [1.807, 2.05) is 6.20 Å². The van der Waals surface area contributed by atoms with Crippen LogP contribution in [-0.2, 0) is 13.6 Å². The highest BCUT2D eigenvalue weighted by Gasteiger charge is 2.12. The fourth-order valence-electron chi connectivity index (χ4n) is 1.91. The number of hydrogen-bond acceptors (Lipinski definition) is 2. The Kier molecular flexibility index (Phi) is 3.23. The maximum atomic E-state index is 4.23. The number of likely N-dealkylation sites (tertiary alicyclic amines) is 1. The molecule has 4 heteroatoms. The van der Waals surface area contributed by atoms with Crippen LogP contribution >= 0.6 is 15.9 Å². The first-order valence-electron chi connectivity index (χ1n) is 5.16. The minimum atomic E-state index is 0.921. The zero-order valence-electron chi connectivity index (χ0n) is 8.54. The zero-order chi connectivity index (χ0) is 9.97. The van der Waals surface area contributed by atoms with Crippen LogP contribution < -0.4 is 0 Å². The van der Waals surface area contributed by atoms with Crippen LogP contribution in [0.15, 0.2) is 10.9 Å². The minimum Gasteiger partial charge on any atom is -0.325 e. The molecule has 14 heavy (non-hydrogen) atoms. The maximum absolute atomic E-state index is 4.23. The Bertz CT molecular complexity index is 302. The summed E-state index contributed by atoms with van der Waals surface area (Å²) in [6.07, 6.45) is 6.04. The molecule has 0 spiro atoms. The molecule has 0 aliphatic carbocycles. The molecule has 1 fully saturated rings. The average molecular weight is 258 g/mol. The highest BCUT2D eigenvalue weighted by atomic mass is 79.9. The smallest absolute Gasteiger partial charge is 0.177 e. The molecule has 1 aromatic rings. The Morgan fingerprint density at radius 3 is 2.64 bits per heavy atom. The molecule has 0 radical (unpaired) electrons. The van der Waals surface area contributed by atoms with Crippen molar-refractivity contribution in [3.8, 4) is 0 Å². The molecule has 0 amide bonds. The van der Waals surface area contributed by atoms with Gasteiger partial charge in [0.05, 0.1) is 11.9 Å². The van der Waals surface area contributed by atoms with Gasteiger partial charge < -0.3 is 4.57 Å². The Hall–Kier alpha value is -0.350. The van der Waals surface area contributed by atoms with Gasteiger partial charge >= 0.3 is 0 Å². The number of halogens is 1. The van der Waals surface area contributed by atoms with Crippen molar-refractivity contribution in [2.75, 3.05) is 13.1 Å². The lowest BCUT2D eigenvalue weighted by Gasteiger charge is -2.26. The summed E-state index contributed by atoms with van der Waals surface area (Å²) < 4.78 is 3.03. The second kappa shape index (κ2) is 4.45. The van der Waals surface area contributed by atoms with Crippen molar-refractivity contribution in [3.63, 3.8) is 0 Å². The normalized spacial score (nSPS) is 18.7. The standard InChI is InChI=1S/C10H16BrN3/c1-13-9(7-12-10(13)11)8-14-5-3-2-4-6-14/h7H,2-6,8H2,1H3. The quantitative estimate of drug-likeness (QED) is 0.810. The van der Waals surface area contributed by atoms with Gasteiger partial charge in [0.2, 0.25) is 0 Å². The third-order valence-electron chi connectivity index (χ3n) is 2.86. The second-order valence-electron chi connectivity index (χ2n) is 3.91. The van der Waals surface area contributed by atoms with Crippen LogP contribution in [0.4, 0.5) is 0 Å². The predicted octanol–water partition coefficient (Wildman–Crippen LogP) is 2.17. The molecule has 0 aromatic carbocycles. The molecule has 2 heterocycles. The molecule has 0 atom stereocenters. The van der Waals surface area contributed by atoms with Crippen molar-refractivity contribution in [1.82, 2.24) is 14.5 Å². The fraction of sp³-hybridized carbons (Fsp3) is 0.700.